The van der Waals surface area contributed by atoms with Gasteiger partial charge in [0.1, 0.15) is 0 Å². The van der Waals surface area contributed by atoms with Crippen LogP contribution in [0, 0.1) is 0 Å². The average Bonchev–Trinajstić information content (AvgIpc) is 3.07. The topological polar surface area (TPSA) is 84.5 Å². The maximum atomic E-state index is 12.4. The molecule has 1 amide bonds. The highest BCUT2D eigenvalue weighted by atomic mass is 32.2. The highest BCUT2D eigenvalue weighted by Gasteiger charge is 2.23. The minimum Gasteiger partial charge on any atom is -0.382 e. The Morgan fingerprint density at radius 3 is 2.75 bits per heavy atom. The number of amides is 1. The first-order chi connectivity index (χ1) is 11.5. The second-order valence-corrected chi connectivity index (χ2v) is 7.65. The molecule has 0 spiro atoms. The number of sulfonamides is 1. The molecule has 0 heterocycles. The second-order valence-electron chi connectivity index (χ2n) is 5.94. The number of ether oxygens (including phenoxy) is 1. The van der Waals surface area contributed by atoms with Gasteiger partial charge in [0.25, 0.3) is 5.91 Å². The van der Waals surface area contributed by atoms with Crippen LogP contribution in [0.15, 0.2) is 29.2 Å². The molecule has 0 aliphatic heterocycles. The first-order valence-corrected chi connectivity index (χ1v) is 9.99. The molecule has 0 atom stereocenters. The summed E-state index contributed by atoms with van der Waals surface area (Å²) >= 11 is 0. The van der Waals surface area contributed by atoms with Crippen LogP contribution in [0.1, 0.15) is 49.4 Å². The van der Waals surface area contributed by atoms with E-state index in [9.17, 15) is 13.2 Å². The number of hydrogen-bond donors (Lipinski definition) is 2. The first-order valence-electron chi connectivity index (χ1n) is 8.51. The van der Waals surface area contributed by atoms with Gasteiger partial charge >= 0.3 is 0 Å². The van der Waals surface area contributed by atoms with Gasteiger partial charge < -0.3 is 10.1 Å². The summed E-state index contributed by atoms with van der Waals surface area (Å²) in [5, 5.41) is 2.78. The van der Waals surface area contributed by atoms with Gasteiger partial charge in [0.05, 0.1) is 4.90 Å². The molecular weight excluding hydrogens is 328 g/mol. The fraction of sp³-hybridized carbons (Fsp3) is 0.588. The number of carbonyl (C=O) groups excluding carboxylic acids is 1. The molecule has 134 valence electrons. The molecule has 0 radical (unpaired) electrons. The van der Waals surface area contributed by atoms with Crippen LogP contribution in [-0.2, 0) is 14.8 Å². The van der Waals surface area contributed by atoms with E-state index in [0.29, 0.717) is 25.3 Å². The van der Waals surface area contributed by atoms with Crippen LogP contribution < -0.4 is 10.0 Å². The van der Waals surface area contributed by atoms with Gasteiger partial charge in [0, 0.05) is 31.4 Å². The lowest BCUT2D eigenvalue weighted by Crippen LogP contribution is -2.33. The normalized spacial score (nSPS) is 15.5. The summed E-state index contributed by atoms with van der Waals surface area (Å²) in [7, 11) is -3.58. The number of rotatable bonds is 9. The van der Waals surface area contributed by atoms with Gasteiger partial charge in [0.15, 0.2) is 0 Å². The number of benzene rings is 1. The Labute approximate surface area is 144 Å². The Hall–Kier alpha value is -1.44. The predicted molar refractivity (Wildman–Crippen MR) is 92.5 cm³/mol. The Kier molecular flexibility index (Phi) is 7.20. The van der Waals surface area contributed by atoms with Crippen molar-refractivity contribution in [2.24, 2.45) is 0 Å². The van der Waals surface area contributed by atoms with Crippen LogP contribution in [0.3, 0.4) is 0 Å². The third-order valence-electron chi connectivity index (χ3n) is 4.04. The van der Waals surface area contributed by atoms with Gasteiger partial charge in [-0.1, -0.05) is 18.9 Å². The number of carbonyl (C=O) groups is 1. The summed E-state index contributed by atoms with van der Waals surface area (Å²) in [6, 6.07) is 6.16. The third kappa shape index (κ3) is 5.58. The van der Waals surface area contributed by atoms with Gasteiger partial charge in [-0.3, -0.25) is 4.79 Å². The number of nitrogens with one attached hydrogen (secondary N) is 2. The van der Waals surface area contributed by atoms with Crippen molar-refractivity contribution in [1.82, 2.24) is 10.0 Å². The van der Waals surface area contributed by atoms with E-state index in [4.69, 9.17) is 4.74 Å². The van der Waals surface area contributed by atoms with Gasteiger partial charge in [-0.2, -0.15) is 0 Å². The third-order valence-corrected chi connectivity index (χ3v) is 5.56. The maximum Gasteiger partial charge on any atom is 0.251 e. The van der Waals surface area contributed by atoms with Crippen molar-refractivity contribution in [3.05, 3.63) is 29.8 Å². The van der Waals surface area contributed by atoms with E-state index in [1.165, 1.54) is 12.1 Å². The molecule has 0 aromatic heterocycles. The Balaban J connectivity index is 1.95. The molecule has 24 heavy (non-hydrogen) atoms. The summed E-state index contributed by atoms with van der Waals surface area (Å²) in [6.07, 6.45) is 4.58. The fourth-order valence-electron chi connectivity index (χ4n) is 2.76. The molecule has 1 aliphatic rings. The SMILES string of the molecule is CCOCCCNC(=O)c1cccc(S(=O)(=O)NC2CCCC2)c1. The molecule has 7 heteroatoms. The minimum atomic E-state index is -3.58. The van der Waals surface area contributed by atoms with Gasteiger partial charge in [-0.15, -0.1) is 0 Å². The van der Waals surface area contributed by atoms with Gasteiger partial charge in [-0.25, -0.2) is 13.1 Å². The van der Waals surface area contributed by atoms with Crippen LogP contribution >= 0.6 is 0 Å². The summed E-state index contributed by atoms with van der Waals surface area (Å²) in [5.41, 5.74) is 0.348. The monoisotopic (exact) mass is 354 g/mol. The van der Waals surface area contributed by atoms with Crippen molar-refractivity contribution in [3.8, 4) is 0 Å². The smallest absolute Gasteiger partial charge is 0.251 e. The molecule has 1 fully saturated rings. The van der Waals surface area contributed by atoms with Gasteiger partial charge in [0.2, 0.25) is 10.0 Å². The lowest BCUT2D eigenvalue weighted by atomic mass is 10.2. The number of hydrogen-bond acceptors (Lipinski definition) is 4. The second kappa shape index (κ2) is 9.15. The first kappa shape index (κ1) is 18.9. The summed E-state index contributed by atoms with van der Waals surface area (Å²) in [4.78, 5) is 12.3. The lowest BCUT2D eigenvalue weighted by molar-refractivity contribution is 0.0944. The van der Waals surface area contributed by atoms with E-state index in [2.05, 4.69) is 10.0 Å². The highest BCUT2D eigenvalue weighted by Crippen LogP contribution is 2.20. The molecular formula is C17H26N2O4S. The maximum absolute atomic E-state index is 12.4. The van der Waals surface area contributed by atoms with E-state index in [0.717, 1.165) is 32.1 Å². The van der Waals surface area contributed by atoms with Crippen LogP contribution in [-0.4, -0.2) is 40.1 Å². The molecule has 0 saturated heterocycles. The summed E-state index contributed by atoms with van der Waals surface area (Å²) in [6.45, 7) is 3.67. The largest absolute Gasteiger partial charge is 0.382 e. The van der Waals surface area contributed by atoms with Crippen molar-refractivity contribution in [2.45, 2.75) is 50.0 Å². The van der Waals surface area contributed by atoms with E-state index in [-0.39, 0.29) is 16.8 Å². The standard InChI is InChI=1S/C17H26N2O4S/c1-2-23-12-6-11-18-17(20)14-7-5-10-16(13-14)24(21,22)19-15-8-3-4-9-15/h5,7,10,13,15,19H,2-4,6,8-9,11-12H2,1H3,(H,18,20). The quantitative estimate of drug-likeness (QED) is 0.665. The zero-order valence-corrected chi connectivity index (χ0v) is 14.9. The van der Waals surface area contributed by atoms with E-state index in [1.807, 2.05) is 6.92 Å². The Morgan fingerprint density at radius 2 is 2.04 bits per heavy atom. The zero-order valence-electron chi connectivity index (χ0n) is 14.1. The predicted octanol–water partition coefficient (Wildman–Crippen LogP) is 2.06. The Morgan fingerprint density at radius 1 is 1.29 bits per heavy atom. The Bertz CT molecular complexity index is 640. The molecule has 1 saturated carbocycles. The van der Waals surface area contributed by atoms with Crippen molar-refractivity contribution in [2.75, 3.05) is 19.8 Å². The summed E-state index contributed by atoms with van der Waals surface area (Å²) in [5.74, 6) is -0.274. The fourth-order valence-corrected chi connectivity index (χ4v) is 4.11. The van der Waals surface area contributed by atoms with Crippen LogP contribution in [0.2, 0.25) is 0 Å². The molecule has 1 aromatic rings. The van der Waals surface area contributed by atoms with Crippen LogP contribution in [0.25, 0.3) is 0 Å². The highest BCUT2D eigenvalue weighted by molar-refractivity contribution is 7.89. The summed E-state index contributed by atoms with van der Waals surface area (Å²) < 4.78 is 32.8. The molecule has 0 bridgehead atoms. The van der Waals surface area contributed by atoms with E-state index < -0.39 is 10.0 Å². The molecule has 2 N–H and O–H groups in total. The zero-order chi connectivity index (χ0) is 17.4. The van der Waals surface area contributed by atoms with Crippen molar-refractivity contribution in [1.29, 1.82) is 0 Å². The lowest BCUT2D eigenvalue weighted by Gasteiger charge is -2.13. The van der Waals surface area contributed by atoms with Crippen molar-refractivity contribution >= 4 is 15.9 Å². The van der Waals surface area contributed by atoms with Crippen molar-refractivity contribution in [3.63, 3.8) is 0 Å². The van der Waals surface area contributed by atoms with Crippen LogP contribution in [0.4, 0.5) is 0 Å². The molecule has 0 unspecified atom stereocenters. The van der Waals surface area contributed by atoms with Gasteiger partial charge in [-0.05, 0) is 44.4 Å². The molecule has 1 aliphatic carbocycles. The molecule has 6 nitrogen and oxygen atoms in total. The average molecular weight is 354 g/mol. The van der Waals surface area contributed by atoms with E-state index in [1.54, 1.807) is 12.1 Å². The van der Waals surface area contributed by atoms with Crippen LogP contribution in [0.5, 0.6) is 0 Å². The molecule has 1 aromatic carbocycles. The molecule has 2 rings (SSSR count). The van der Waals surface area contributed by atoms with E-state index >= 15 is 0 Å². The minimum absolute atomic E-state index is 0.00560. The van der Waals surface area contributed by atoms with Crippen molar-refractivity contribution < 1.29 is 17.9 Å².